The number of hydrogen-bond donors (Lipinski definition) is 0. The molecule has 200 valence electrons. The van der Waals surface area contributed by atoms with Crippen molar-refractivity contribution in [3.63, 3.8) is 0 Å². The predicted molar refractivity (Wildman–Crippen MR) is 147 cm³/mol. The van der Waals surface area contributed by atoms with Crippen LogP contribution in [0.15, 0.2) is 35.5 Å². The molecule has 4 heterocycles. The number of benzene rings is 1. The van der Waals surface area contributed by atoms with Crippen molar-refractivity contribution in [2.24, 2.45) is 10.4 Å². The standard InChI is InChI=1S/C29H37N7O2/c1-19-12-34(13-20(2)35(19)23-14-38-15-23)26-10-27(33-25(32-26)16-37-4)36-24-9-22(6-5-21(24)11-31-36)29(18-30-3)17-28(29)7-8-28/h5-6,9-11,19-20,23H,3,7-8,12-18H2,1-2,4H3/t19-,20+,29-/m1/s1. The van der Waals surface area contributed by atoms with E-state index >= 15 is 0 Å². The van der Waals surface area contributed by atoms with E-state index in [1.54, 1.807) is 7.11 Å². The average Bonchev–Trinajstić information content (AvgIpc) is 3.74. The molecule has 0 bridgehead atoms. The number of methoxy groups -OCH3 is 1. The average molecular weight is 516 g/mol. The Labute approximate surface area is 223 Å². The molecular formula is C29H37N7O2. The Kier molecular flexibility index (Phi) is 5.62. The maximum absolute atomic E-state index is 5.48. The van der Waals surface area contributed by atoms with Crippen molar-refractivity contribution in [1.29, 1.82) is 0 Å². The summed E-state index contributed by atoms with van der Waals surface area (Å²) in [5.74, 6) is 2.37. The Morgan fingerprint density at radius 3 is 2.50 bits per heavy atom. The molecule has 0 radical (unpaired) electrons. The van der Waals surface area contributed by atoms with E-state index in [1.165, 1.54) is 24.8 Å². The van der Waals surface area contributed by atoms with Crippen LogP contribution >= 0.6 is 0 Å². The zero-order valence-corrected chi connectivity index (χ0v) is 22.6. The van der Waals surface area contributed by atoms with Gasteiger partial charge >= 0.3 is 0 Å². The fourth-order valence-corrected chi connectivity index (χ4v) is 7.32. The van der Waals surface area contributed by atoms with E-state index < -0.39 is 0 Å². The highest BCUT2D eigenvalue weighted by atomic mass is 16.5. The van der Waals surface area contributed by atoms with Crippen LogP contribution in [-0.2, 0) is 21.5 Å². The molecule has 2 saturated carbocycles. The Hall–Kier alpha value is -2.88. The van der Waals surface area contributed by atoms with Crippen LogP contribution in [0.3, 0.4) is 0 Å². The number of anilines is 1. The molecule has 2 aliphatic heterocycles. The second-order valence-electron chi connectivity index (χ2n) is 11.9. The van der Waals surface area contributed by atoms with Gasteiger partial charge in [0.15, 0.2) is 11.6 Å². The van der Waals surface area contributed by atoms with Gasteiger partial charge in [-0.05, 0) is 56.9 Å². The van der Waals surface area contributed by atoms with Gasteiger partial charge in [0.05, 0.1) is 31.0 Å². The van der Waals surface area contributed by atoms with Gasteiger partial charge in [0, 0.05) is 55.7 Å². The summed E-state index contributed by atoms with van der Waals surface area (Å²) in [6.45, 7) is 13.1. The molecule has 2 aliphatic carbocycles. The van der Waals surface area contributed by atoms with Gasteiger partial charge in [-0.15, -0.1) is 0 Å². The summed E-state index contributed by atoms with van der Waals surface area (Å²) in [5.41, 5.74) is 3.00. The lowest BCUT2D eigenvalue weighted by Gasteiger charge is -2.50. The maximum atomic E-state index is 5.48. The molecule has 38 heavy (non-hydrogen) atoms. The highest BCUT2D eigenvalue weighted by Crippen LogP contribution is 2.78. The second-order valence-corrected chi connectivity index (χ2v) is 11.9. The molecule has 3 aromatic rings. The summed E-state index contributed by atoms with van der Waals surface area (Å²) in [7, 11) is 1.69. The minimum Gasteiger partial charge on any atom is -0.378 e. The van der Waals surface area contributed by atoms with Gasteiger partial charge in [-0.1, -0.05) is 12.1 Å². The normalized spacial score (nSPS) is 28.6. The van der Waals surface area contributed by atoms with E-state index in [2.05, 4.69) is 59.6 Å². The van der Waals surface area contributed by atoms with E-state index in [0.29, 0.717) is 36.0 Å². The quantitative estimate of drug-likeness (QED) is 0.426. The zero-order chi connectivity index (χ0) is 26.1. The van der Waals surface area contributed by atoms with Crippen LogP contribution in [0.5, 0.6) is 0 Å². The molecule has 1 spiro atoms. The number of piperazine rings is 1. The van der Waals surface area contributed by atoms with Gasteiger partial charge < -0.3 is 14.4 Å². The van der Waals surface area contributed by atoms with Crippen molar-refractivity contribution >= 4 is 23.4 Å². The maximum Gasteiger partial charge on any atom is 0.159 e. The van der Waals surface area contributed by atoms with E-state index in [9.17, 15) is 0 Å². The summed E-state index contributed by atoms with van der Waals surface area (Å²) >= 11 is 0. The number of aliphatic imine (C=N–C) groups is 1. The summed E-state index contributed by atoms with van der Waals surface area (Å²) in [5, 5.41) is 5.89. The molecule has 2 aromatic heterocycles. The number of ether oxygens (including phenoxy) is 2. The Morgan fingerprint density at radius 2 is 1.87 bits per heavy atom. The third-order valence-electron chi connectivity index (χ3n) is 9.48. The van der Waals surface area contributed by atoms with Crippen molar-refractivity contribution in [3.8, 4) is 5.82 Å². The molecule has 0 amide bonds. The fourth-order valence-electron chi connectivity index (χ4n) is 7.32. The Morgan fingerprint density at radius 1 is 1.11 bits per heavy atom. The highest BCUT2D eigenvalue weighted by Gasteiger charge is 2.74. The van der Waals surface area contributed by atoms with Crippen LogP contribution in [0.2, 0.25) is 0 Å². The van der Waals surface area contributed by atoms with Gasteiger partial charge in [0.25, 0.3) is 0 Å². The molecule has 7 rings (SSSR count). The summed E-state index contributed by atoms with van der Waals surface area (Å²) in [4.78, 5) is 19.1. The lowest BCUT2D eigenvalue weighted by atomic mass is 9.91. The summed E-state index contributed by atoms with van der Waals surface area (Å²) < 4.78 is 12.9. The van der Waals surface area contributed by atoms with Gasteiger partial charge in [-0.3, -0.25) is 9.89 Å². The Balaban J connectivity index is 1.25. The molecule has 3 atom stereocenters. The van der Waals surface area contributed by atoms with Crippen LogP contribution < -0.4 is 4.90 Å². The molecule has 9 heteroatoms. The van der Waals surface area contributed by atoms with Crippen molar-refractivity contribution in [2.75, 3.05) is 44.9 Å². The molecular weight excluding hydrogens is 478 g/mol. The zero-order valence-electron chi connectivity index (χ0n) is 22.6. The lowest BCUT2D eigenvalue weighted by molar-refractivity contribution is -0.0941. The first-order chi connectivity index (χ1) is 18.5. The van der Waals surface area contributed by atoms with Crippen molar-refractivity contribution in [3.05, 3.63) is 41.9 Å². The van der Waals surface area contributed by atoms with Gasteiger partial charge in [0.1, 0.15) is 12.4 Å². The number of rotatable bonds is 8. The molecule has 1 aromatic carbocycles. The SMILES string of the molecule is C=NC[C@@]1(c2ccc3cnn(-c4cc(N5C[C@@H](C)N(C6COC6)[C@@H](C)C5)nc(COC)n4)c3c2)CC12CC2. The molecule has 4 fully saturated rings. The number of fused-ring (bicyclic) bond motifs is 1. The third-order valence-corrected chi connectivity index (χ3v) is 9.48. The first kappa shape index (κ1) is 24.2. The molecule has 9 nitrogen and oxygen atoms in total. The smallest absolute Gasteiger partial charge is 0.159 e. The third kappa shape index (κ3) is 3.70. The Bertz CT molecular complexity index is 1370. The van der Waals surface area contributed by atoms with Crippen LogP contribution in [0.25, 0.3) is 16.7 Å². The first-order valence-corrected chi connectivity index (χ1v) is 13.9. The summed E-state index contributed by atoms with van der Waals surface area (Å²) in [6.07, 6.45) is 5.74. The molecule has 0 unspecified atom stereocenters. The number of hydrogen-bond acceptors (Lipinski definition) is 8. The van der Waals surface area contributed by atoms with Gasteiger partial charge in [-0.2, -0.15) is 5.10 Å². The predicted octanol–water partition coefficient (Wildman–Crippen LogP) is 3.38. The highest BCUT2D eigenvalue weighted by molar-refractivity contribution is 5.81. The van der Waals surface area contributed by atoms with Gasteiger partial charge in [-0.25, -0.2) is 14.6 Å². The largest absolute Gasteiger partial charge is 0.378 e. The minimum atomic E-state index is 0.132. The van der Waals surface area contributed by atoms with E-state index in [4.69, 9.17) is 24.5 Å². The van der Waals surface area contributed by atoms with E-state index in [0.717, 1.165) is 55.4 Å². The van der Waals surface area contributed by atoms with Crippen LogP contribution in [0, 0.1) is 5.41 Å². The lowest BCUT2D eigenvalue weighted by Crippen LogP contribution is -2.64. The summed E-state index contributed by atoms with van der Waals surface area (Å²) in [6, 6.07) is 10.2. The van der Waals surface area contributed by atoms with E-state index in [1.807, 2.05) is 10.9 Å². The van der Waals surface area contributed by atoms with Crippen LogP contribution in [0.4, 0.5) is 5.82 Å². The van der Waals surface area contributed by atoms with Crippen molar-refractivity contribution < 1.29 is 9.47 Å². The minimum absolute atomic E-state index is 0.132. The second kappa shape index (κ2) is 8.83. The molecule has 0 N–H and O–H groups in total. The fraction of sp³-hybridized carbons (Fsp3) is 0.586. The monoisotopic (exact) mass is 515 g/mol. The van der Waals surface area contributed by atoms with Crippen LogP contribution in [-0.4, -0.2) is 89.4 Å². The van der Waals surface area contributed by atoms with Crippen molar-refractivity contribution in [1.82, 2.24) is 24.6 Å². The van der Waals surface area contributed by atoms with Crippen LogP contribution in [0.1, 0.15) is 44.5 Å². The molecule has 2 saturated heterocycles. The molecule has 4 aliphatic rings. The van der Waals surface area contributed by atoms with Crippen molar-refractivity contribution in [2.45, 2.75) is 63.3 Å². The van der Waals surface area contributed by atoms with Gasteiger partial charge in [0.2, 0.25) is 0 Å². The first-order valence-electron chi connectivity index (χ1n) is 13.9. The number of aromatic nitrogens is 4. The topological polar surface area (TPSA) is 80.9 Å². The number of nitrogens with zero attached hydrogens (tertiary/aromatic N) is 7. The van der Waals surface area contributed by atoms with E-state index in [-0.39, 0.29) is 5.41 Å².